The van der Waals surface area contributed by atoms with Crippen molar-refractivity contribution < 1.29 is 19.3 Å². The third-order valence-corrected chi connectivity index (χ3v) is 5.69. The molecule has 9 heteroatoms. The van der Waals surface area contributed by atoms with Gasteiger partial charge >= 0.3 is 0 Å². The number of piperidine rings is 1. The number of hydrogen-bond acceptors (Lipinski definition) is 8. The standard InChI is InChI=1S/C21H27N5O4/c1-14-22-7-9-25(14)12-21(27)6-5-8-26(13-21)20-15-10-17(28-2)19(30-4)18(29-3)16(15)11-23-24-20/h7,9-11,27H,5-6,8,12-13H2,1-4H3. The lowest BCUT2D eigenvalue weighted by Gasteiger charge is -2.40. The van der Waals surface area contributed by atoms with Crippen molar-refractivity contribution in [3.63, 3.8) is 0 Å². The maximum atomic E-state index is 11.3. The highest BCUT2D eigenvalue weighted by atomic mass is 16.5. The highest BCUT2D eigenvalue weighted by Crippen LogP contribution is 2.45. The van der Waals surface area contributed by atoms with Gasteiger partial charge in [-0.05, 0) is 25.8 Å². The number of methoxy groups -OCH3 is 3. The number of hydrogen-bond donors (Lipinski definition) is 1. The van der Waals surface area contributed by atoms with Gasteiger partial charge in [-0.3, -0.25) is 0 Å². The molecule has 1 aliphatic heterocycles. The molecule has 2 aromatic heterocycles. The van der Waals surface area contributed by atoms with Crippen LogP contribution in [0.25, 0.3) is 10.8 Å². The molecule has 0 amide bonds. The third-order valence-electron chi connectivity index (χ3n) is 5.69. The van der Waals surface area contributed by atoms with E-state index < -0.39 is 5.60 Å². The Bertz CT molecular complexity index is 1050. The molecule has 0 spiro atoms. The van der Waals surface area contributed by atoms with Gasteiger partial charge < -0.3 is 28.8 Å². The molecule has 160 valence electrons. The summed E-state index contributed by atoms with van der Waals surface area (Å²) in [6.45, 7) is 3.63. The Morgan fingerprint density at radius 1 is 1.13 bits per heavy atom. The van der Waals surface area contributed by atoms with Crippen molar-refractivity contribution in [2.24, 2.45) is 0 Å². The normalized spacial score (nSPS) is 19.2. The maximum Gasteiger partial charge on any atom is 0.204 e. The molecule has 0 radical (unpaired) electrons. The Labute approximate surface area is 175 Å². The van der Waals surface area contributed by atoms with Crippen LogP contribution in [0.15, 0.2) is 24.7 Å². The first-order chi connectivity index (χ1) is 14.5. The van der Waals surface area contributed by atoms with Crippen molar-refractivity contribution in [1.29, 1.82) is 0 Å². The second kappa shape index (κ2) is 7.98. The third kappa shape index (κ3) is 3.49. The van der Waals surface area contributed by atoms with Crippen LogP contribution in [0.3, 0.4) is 0 Å². The molecule has 0 aliphatic carbocycles. The van der Waals surface area contributed by atoms with Gasteiger partial charge in [0.25, 0.3) is 0 Å². The SMILES string of the molecule is COc1cc2c(N3CCCC(O)(Cn4ccnc4C)C3)nncc2c(OC)c1OC. The van der Waals surface area contributed by atoms with Gasteiger partial charge in [0.1, 0.15) is 11.4 Å². The molecule has 30 heavy (non-hydrogen) atoms. The van der Waals surface area contributed by atoms with Gasteiger partial charge in [-0.2, -0.15) is 5.10 Å². The summed E-state index contributed by atoms with van der Waals surface area (Å²) in [6.07, 6.45) is 6.85. The van der Waals surface area contributed by atoms with Crippen molar-refractivity contribution in [2.75, 3.05) is 39.3 Å². The van der Waals surface area contributed by atoms with Crippen LogP contribution in [0.5, 0.6) is 17.2 Å². The van der Waals surface area contributed by atoms with Crippen LogP contribution in [0.2, 0.25) is 0 Å². The Morgan fingerprint density at radius 3 is 2.60 bits per heavy atom. The molecule has 1 atom stereocenters. The molecule has 1 N–H and O–H groups in total. The molecule has 9 nitrogen and oxygen atoms in total. The number of benzene rings is 1. The van der Waals surface area contributed by atoms with Crippen molar-refractivity contribution >= 4 is 16.6 Å². The van der Waals surface area contributed by atoms with E-state index in [1.807, 2.05) is 23.8 Å². The number of β-amino-alcohol motifs (C(OH)–C–C–N with tert-alkyl or cyclic N) is 1. The highest BCUT2D eigenvalue weighted by molar-refractivity contribution is 5.99. The number of rotatable bonds is 6. The number of fused-ring (bicyclic) bond motifs is 1. The number of imidazole rings is 1. The smallest absolute Gasteiger partial charge is 0.204 e. The van der Waals surface area contributed by atoms with E-state index in [1.165, 1.54) is 0 Å². The van der Waals surface area contributed by atoms with Gasteiger partial charge in [0.05, 0.1) is 39.5 Å². The van der Waals surface area contributed by atoms with Gasteiger partial charge in [0.2, 0.25) is 5.75 Å². The Morgan fingerprint density at radius 2 is 1.93 bits per heavy atom. The Hall–Kier alpha value is -3.07. The summed E-state index contributed by atoms with van der Waals surface area (Å²) in [6, 6.07) is 1.88. The molecule has 1 aliphatic rings. The summed E-state index contributed by atoms with van der Waals surface area (Å²) in [4.78, 5) is 6.34. The second-order valence-corrected chi connectivity index (χ2v) is 7.63. The largest absolute Gasteiger partial charge is 0.493 e. The van der Waals surface area contributed by atoms with Crippen LogP contribution in [-0.2, 0) is 6.54 Å². The topological polar surface area (TPSA) is 94.8 Å². The fraction of sp³-hybridized carbons (Fsp3) is 0.476. The summed E-state index contributed by atoms with van der Waals surface area (Å²) in [5.41, 5.74) is -0.895. The first-order valence-electron chi connectivity index (χ1n) is 9.89. The lowest BCUT2D eigenvalue weighted by molar-refractivity contribution is 0.00886. The molecule has 3 aromatic rings. The number of ether oxygens (including phenoxy) is 3. The van der Waals surface area contributed by atoms with Crippen LogP contribution in [0, 0.1) is 6.92 Å². The molecule has 4 rings (SSSR count). The van der Waals surface area contributed by atoms with Gasteiger partial charge in [0, 0.05) is 30.9 Å². The van der Waals surface area contributed by atoms with Crippen molar-refractivity contribution in [3.05, 3.63) is 30.5 Å². The summed E-state index contributed by atoms with van der Waals surface area (Å²) in [7, 11) is 4.75. The van der Waals surface area contributed by atoms with Crippen LogP contribution >= 0.6 is 0 Å². The van der Waals surface area contributed by atoms with Crippen molar-refractivity contribution in [1.82, 2.24) is 19.7 Å². The van der Waals surface area contributed by atoms with Crippen LogP contribution in [0.1, 0.15) is 18.7 Å². The molecule has 0 saturated carbocycles. The second-order valence-electron chi connectivity index (χ2n) is 7.63. The molecule has 1 unspecified atom stereocenters. The predicted molar refractivity (Wildman–Crippen MR) is 113 cm³/mol. The summed E-state index contributed by atoms with van der Waals surface area (Å²) >= 11 is 0. The zero-order chi connectivity index (χ0) is 21.3. The molecule has 1 fully saturated rings. The van der Waals surface area contributed by atoms with E-state index in [2.05, 4.69) is 20.1 Å². The van der Waals surface area contributed by atoms with E-state index >= 15 is 0 Å². The number of anilines is 1. The minimum Gasteiger partial charge on any atom is -0.493 e. The molecule has 1 saturated heterocycles. The number of nitrogens with zero attached hydrogens (tertiary/aromatic N) is 5. The van der Waals surface area contributed by atoms with E-state index in [-0.39, 0.29) is 0 Å². The molecular formula is C21H27N5O4. The van der Waals surface area contributed by atoms with Crippen LogP contribution in [0.4, 0.5) is 5.82 Å². The van der Waals surface area contributed by atoms with Gasteiger partial charge in [0.15, 0.2) is 17.3 Å². The predicted octanol–water partition coefficient (Wildman–Crippen LogP) is 2.19. The van der Waals surface area contributed by atoms with Crippen molar-refractivity contribution in [3.8, 4) is 17.2 Å². The van der Waals surface area contributed by atoms with Crippen LogP contribution < -0.4 is 19.1 Å². The van der Waals surface area contributed by atoms with E-state index in [4.69, 9.17) is 14.2 Å². The minimum atomic E-state index is -0.895. The number of aryl methyl sites for hydroxylation is 1. The maximum absolute atomic E-state index is 11.3. The van der Waals surface area contributed by atoms with Crippen LogP contribution in [-0.4, -0.2) is 64.9 Å². The van der Waals surface area contributed by atoms with Crippen molar-refractivity contribution in [2.45, 2.75) is 31.9 Å². The quantitative estimate of drug-likeness (QED) is 0.657. The monoisotopic (exact) mass is 413 g/mol. The van der Waals surface area contributed by atoms with E-state index in [0.29, 0.717) is 42.6 Å². The van der Waals surface area contributed by atoms with E-state index in [1.54, 1.807) is 33.7 Å². The fourth-order valence-corrected chi connectivity index (χ4v) is 4.23. The average molecular weight is 413 g/mol. The number of aliphatic hydroxyl groups is 1. The average Bonchev–Trinajstić information content (AvgIpc) is 3.15. The lowest BCUT2D eigenvalue weighted by Crippen LogP contribution is -2.51. The minimum absolute atomic E-state index is 0.440. The van der Waals surface area contributed by atoms with E-state index in [0.717, 1.165) is 29.6 Å². The summed E-state index contributed by atoms with van der Waals surface area (Å²) in [5, 5.41) is 21.6. The molecule has 1 aromatic carbocycles. The molecular weight excluding hydrogens is 386 g/mol. The Balaban J connectivity index is 1.74. The highest BCUT2D eigenvalue weighted by Gasteiger charge is 2.35. The van der Waals surface area contributed by atoms with Gasteiger partial charge in [-0.15, -0.1) is 5.10 Å². The zero-order valence-corrected chi connectivity index (χ0v) is 17.8. The first kappa shape index (κ1) is 20.2. The summed E-state index contributed by atoms with van der Waals surface area (Å²) < 4.78 is 18.6. The summed E-state index contributed by atoms with van der Waals surface area (Å²) in [5.74, 6) is 3.18. The molecule has 0 bridgehead atoms. The fourth-order valence-electron chi connectivity index (χ4n) is 4.23. The lowest BCUT2D eigenvalue weighted by atomic mass is 9.92. The zero-order valence-electron chi connectivity index (χ0n) is 17.8. The van der Waals surface area contributed by atoms with E-state index in [9.17, 15) is 5.11 Å². The first-order valence-corrected chi connectivity index (χ1v) is 9.89. The Kier molecular flexibility index (Phi) is 5.38. The van der Waals surface area contributed by atoms with Gasteiger partial charge in [-0.25, -0.2) is 4.98 Å². The molecule has 3 heterocycles. The van der Waals surface area contributed by atoms with Gasteiger partial charge in [-0.1, -0.05) is 0 Å². The number of aromatic nitrogens is 4.